The van der Waals surface area contributed by atoms with Crippen LogP contribution in [0.25, 0.3) is 0 Å². The predicted octanol–water partition coefficient (Wildman–Crippen LogP) is 0.0228. The van der Waals surface area contributed by atoms with Gasteiger partial charge in [-0.05, 0) is 11.8 Å². The van der Waals surface area contributed by atoms with Gasteiger partial charge in [-0.25, -0.2) is 9.59 Å². The minimum Gasteiger partial charge on any atom is -0.391 e. The average molecular weight is 216 g/mol. The number of esters is 2. The first-order valence-electron chi connectivity index (χ1n) is 5.04. The molecule has 0 spiro atoms. The van der Waals surface area contributed by atoms with E-state index in [-0.39, 0.29) is 11.8 Å². The lowest BCUT2D eigenvalue weighted by molar-refractivity contribution is -0.162. The van der Waals surface area contributed by atoms with Gasteiger partial charge in [-0.1, -0.05) is 27.7 Å². The van der Waals surface area contributed by atoms with E-state index in [4.69, 9.17) is 11.5 Å². The van der Waals surface area contributed by atoms with Gasteiger partial charge >= 0.3 is 11.9 Å². The zero-order valence-electron chi connectivity index (χ0n) is 9.69. The molecular weight excluding hydrogens is 196 g/mol. The summed E-state index contributed by atoms with van der Waals surface area (Å²) in [7, 11) is 0. The molecule has 0 saturated carbocycles. The van der Waals surface area contributed by atoms with Crippen molar-refractivity contribution in [2.24, 2.45) is 23.3 Å². The van der Waals surface area contributed by atoms with Crippen molar-refractivity contribution >= 4 is 11.9 Å². The van der Waals surface area contributed by atoms with Crippen LogP contribution in [0.4, 0.5) is 0 Å². The van der Waals surface area contributed by atoms with Crippen molar-refractivity contribution < 1.29 is 14.3 Å². The molecule has 0 aliphatic carbocycles. The Morgan fingerprint density at radius 2 is 1.13 bits per heavy atom. The minimum atomic E-state index is -0.784. The van der Waals surface area contributed by atoms with E-state index in [1.165, 1.54) is 0 Å². The summed E-state index contributed by atoms with van der Waals surface area (Å²) in [5.41, 5.74) is 11.0. The van der Waals surface area contributed by atoms with Crippen molar-refractivity contribution in [1.29, 1.82) is 0 Å². The average Bonchev–Trinajstić information content (AvgIpc) is 2.14. The molecule has 0 aliphatic heterocycles. The lowest BCUT2D eigenvalue weighted by Crippen LogP contribution is -2.43. The Kier molecular flexibility index (Phi) is 5.46. The molecule has 0 radical (unpaired) electrons. The molecule has 15 heavy (non-hydrogen) atoms. The Bertz CT molecular complexity index is 215. The summed E-state index contributed by atoms with van der Waals surface area (Å²) >= 11 is 0. The first-order valence-corrected chi connectivity index (χ1v) is 5.04. The fraction of sp³-hybridized carbons (Fsp3) is 0.800. The Labute approximate surface area is 90.1 Å². The van der Waals surface area contributed by atoms with Gasteiger partial charge in [-0.15, -0.1) is 0 Å². The zero-order chi connectivity index (χ0) is 12.2. The van der Waals surface area contributed by atoms with Crippen LogP contribution in [0.15, 0.2) is 0 Å². The Morgan fingerprint density at radius 3 is 1.33 bits per heavy atom. The van der Waals surface area contributed by atoms with Crippen LogP contribution in [0.3, 0.4) is 0 Å². The molecule has 0 aromatic carbocycles. The van der Waals surface area contributed by atoms with Gasteiger partial charge in [0, 0.05) is 0 Å². The van der Waals surface area contributed by atoms with Gasteiger partial charge in [0.05, 0.1) is 0 Å². The summed E-state index contributed by atoms with van der Waals surface area (Å²) < 4.78 is 4.57. The highest BCUT2D eigenvalue weighted by molar-refractivity contribution is 5.90. The SMILES string of the molecule is CC(C)[C@H](N)C(=O)OC(=O)[C@@H](N)C(C)C. The van der Waals surface area contributed by atoms with E-state index < -0.39 is 24.0 Å². The number of rotatable bonds is 4. The smallest absolute Gasteiger partial charge is 0.330 e. The van der Waals surface area contributed by atoms with Gasteiger partial charge in [-0.3, -0.25) is 0 Å². The summed E-state index contributed by atoms with van der Waals surface area (Å²) in [4.78, 5) is 22.6. The maximum absolute atomic E-state index is 11.3. The van der Waals surface area contributed by atoms with Crippen molar-refractivity contribution in [2.45, 2.75) is 39.8 Å². The van der Waals surface area contributed by atoms with Crippen molar-refractivity contribution in [3.8, 4) is 0 Å². The Balaban J connectivity index is 4.25. The summed E-state index contributed by atoms with van der Waals surface area (Å²) in [5, 5.41) is 0. The molecular formula is C10H20N2O3. The molecule has 0 bridgehead atoms. The second kappa shape index (κ2) is 5.82. The Morgan fingerprint density at radius 1 is 0.867 bits per heavy atom. The van der Waals surface area contributed by atoms with E-state index in [9.17, 15) is 9.59 Å². The van der Waals surface area contributed by atoms with E-state index in [2.05, 4.69) is 4.74 Å². The molecule has 0 aliphatic rings. The van der Waals surface area contributed by atoms with Crippen molar-refractivity contribution in [3.05, 3.63) is 0 Å². The van der Waals surface area contributed by atoms with Crippen LogP contribution < -0.4 is 11.5 Å². The molecule has 0 amide bonds. The number of nitrogens with two attached hydrogens (primary N) is 2. The first-order chi connectivity index (χ1) is 6.77. The molecule has 0 rings (SSSR count). The number of carbonyl (C=O) groups excluding carboxylic acids is 2. The molecule has 5 nitrogen and oxygen atoms in total. The van der Waals surface area contributed by atoms with Crippen LogP contribution in [-0.4, -0.2) is 24.0 Å². The van der Waals surface area contributed by atoms with Gasteiger partial charge in [0.15, 0.2) is 0 Å². The van der Waals surface area contributed by atoms with E-state index in [1.807, 2.05) is 0 Å². The predicted molar refractivity (Wildman–Crippen MR) is 56.7 cm³/mol. The van der Waals surface area contributed by atoms with Gasteiger partial charge in [0.1, 0.15) is 12.1 Å². The number of ether oxygens (including phenoxy) is 1. The second-order valence-electron chi connectivity index (χ2n) is 4.28. The first kappa shape index (κ1) is 14.1. The largest absolute Gasteiger partial charge is 0.391 e. The standard InChI is InChI=1S/C10H20N2O3/c1-5(2)7(11)9(13)15-10(14)8(12)6(3)4/h5-8H,11-12H2,1-4H3/t7-,8-/m0/s1. The molecule has 0 heterocycles. The normalized spacial score (nSPS) is 15.2. The van der Waals surface area contributed by atoms with E-state index in [1.54, 1.807) is 27.7 Å². The van der Waals surface area contributed by atoms with E-state index in [0.29, 0.717) is 0 Å². The topological polar surface area (TPSA) is 95.4 Å². The van der Waals surface area contributed by atoms with E-state index in [0.717, 1.165) is 0 Å². The lowest BCUT2D eigenvalue weighted by atomic mass is 10.1. The molecule has 2 atom stereocenters. The molecule has 88 valence electrons. The minimum absolute atomic E-state index is 0.0689. The van der Waals surface area contributed by atoms with Crippen LogP contribution in [0.5, 0.6) is 0 Å². The van der Waals surface area contributed by atoms with Gasteiger partial charge in [0.25, 0.3) is 0 Å². The fourth-order valence-corrected chi connectivity index (χ4v) is 0.780. The van der Waals surface area contributed by atoms with E-state index >= 15 is 0 Å². The Hall–Kier alpha value is -0.940. The highest BCUT2D eigenvalue weighted by atomic mass is 16.6. The molecule has 4 N–H and O–H groups in total. The number of carbonyl (C=O) groups is 2. The van der Waals surface area contributed by atoms with Crippen molar-refractivity contribution in [1.82, 2.24) is 0 Å². The second-order valence-corrected chi connectivity index (χ2v) is 4.28. The molecule has 0 unspecified atom stereocenters. The molecule has 0 aromatic heterocycles. The van der Waals surface area contributed by atoms with Crippen molar-refractivity contribution in [2.75, 3.05) is 0 Å². The molecule has 5 heteroatoms. The maximum atomic E-state index is 11.3. The highest BCUT2D eigenvalue weighted by Gasteiger charge is 2.26. The highest BCUT2D eigenvalue weighted by Crippen LogP contribution is 2.04. The third-order valence-electron chi connectivity index (χ3n) is 2.18. The summed E-state index contributed by atoms with van der Waals surface area (Å²) in [5.74, 6) is -1.57. The van der Waals surface area contributed by atoms with Gasteiger partial charge in [0.2, 0.25) is 0 Å². The molecule has 0 fully saturated rings. The molecule has 0 aromatic rings. The molecule has 0 saturated heterocycles. The van der Waals surface area contributed by atoms with Crippen LogP contribution in [0.2, 0.25) is 0 Å². The lowest BCUT2D eigenvalue weighted by Gasteiger charge is -2.17. The fourth-order valence-electron chi connectivity index (χ4n) is 0.780. The third kappa shape index (κ3) is 4.40. The zero-order valence-corrected chi connectivity index (χ0v) is 9.69. The van der Waals surface area contributed by atoms with Crippen LogP contribution in [0.1, 0.15) is 27.7 Å². The summed E-state index contributed by atoms with van der Waals surface area (Å²) in [6, 6.07) is -1.57. The summed E-state index contributed by atoms with van der Waals surface area (Å²) in [6.07, 6.45) is 0. The van der Waals surface area contributed by atoms with Crippen molar-refractivity contribution in [3.63, 3.8) is 0 Å². The number of hydrogen-bond donors (Lipinski definition) is 2. The monoisotopic (exact) mass is 216 g/mol. The van der Waals surface area contributed by atoms with Gasteiger partial charge in [-0.2, -0.15) is 0 Å². The number of hydrogen-bond acceptors (Lipinski definition) is 5. The van der Waals surface area contributed by atoms with Gasteiger partial charge < -0.3 is 16.2 Å². The summed E-state index contributed by atoms with van der Waals surface area (Å²) in [6.45, 7) is 7.11. The maximum Gasteiger partial charge on any atom is 0.330 e. The third-order valence-corrected chi connectivity index (χ3v) is 2.18. The quantitative estimate of drug-likeness (QED) is 0.510. The van der Waals surface area contributed by atoms with Crippen LogP contribution in [0, 0.1) is 11.8 Å². The van der Waals surface area contributed by atoms with Crippen LogP contribution >= 0.6 is 0 Å². The van der Waals surface area contributed by atoms with Crippen LogP contribution in [-0.2, 0) is 14.3 Å².